The Bertz CT molecular complexity index is 693. The highest BCUT2D eigenvalue weighted by atomic mass is 32.5. The van der Waals surface area contributed by atoms with E-state index >= 15 is 0 Å². The average Bonchev–Trinajstić information content (AvgIpc) is 2.53. The highest BCUT2D eigenvalue weighted by Crippen LogP contribution is 2.50. The summed E-state index contributed by atoms with van der Waals surface area (Å²) < 4.78 is 16.9. The first kappa shape index (κ1) is 15.9. The van der Waals surface area contributed by atoms with Crippen LogP contribution in [0.5, 0.6) is 5.75 Å². The summed E-state index contributed by atoms with van der Waals surface area (Å²) in [7, 11) is 4.32. The minimum Gasteiger partial charge on any atom is -0.409 e. The molecular formula is C14H16NO4PS. The van der Waals surface area contributed by atoms with Crippen LogP contribution in [-0.2, 0) is 20.9 Å². The van der Waals surface area contributed by atoms with E-state index in [-0.39, 0.29) is 0 Å². The Labute approximate surface area is 128 Å². The molecule has 0 radical (unpaired) electrons. The summed E-state index contributed by atoms with van der Waals surface area (Å²) in [6, 6.07) is 13.2. The Balaban J connectivity index is 2.28. The predicted molar refractivity (Wildman–Crippen MR) is 86.0 cm³/mol. The Morgan fingerprint density at radius 2 is 1.71 bits per heavy atom. The summed E-state index contributed by atoms with van der Waals surface area (Å²) >= 11 is 5.21. The topological polar surface area (TPSA) is 48.0 Å². The van der Waals surface area contributed by atoms with Gasteiger partial charge in [0.2, 0.25) is 0 Å². The fourth-order valence-corrected chi connectivity index (χ4v) is 2.94. The van der Waals surface area contributed by atoms with E-state index in [1.807, 2.05) is 36.4 Å². The molecule has 2 aromatic rings. The summed E-state index contributed by atoms with van der Waals surface area (Å²) in [5.41, 5.74) is 0. The van der Waals surface area contributed by atoms with E-state index in [1.54, 1.807) is 6.07 Å². The van der Waals surface area contributed by atoms with Crippen molar-refractivity contribution in [2.24, 2.45) is 0 Å². The molecule has 0 N–H and O–H groups in total. The van der Waals surface area contributed by atoms with E-state index in [1.165, 1.54) is 25.9 Å². The number of fused-ring (bicyclic) bond motifs is 1. The number of hydrogen-bond acceptors (Lipinski definition) is 5. The fraction of sp³-hybridized carbons (Fsp3) is 0.214. The van der Waals surface area contributed by atoms with Crippen molar-refractivity contribution in [1.29, 1.82) is 0 Å². The standard InChI is InChI=1S/C14H16NO4PS/c1-15(20(21,17-2)18-3)14(16)19-13-10-6-8-11-7-4-5-9-12(11)13/h4-10H,1-3H3. The number of benzene rings is 2. The fourth-order valence-electron chi connectivity index (χ4n) is 1.86. The second-order valence-electron chi connectivity index (χ2n) is 4.20. The smallest absolute Gasteiger partial charge is 0.409 e. The van der Waals surface area contributed by atoms with Crippen molar-refractivity contribution >= 4 is 35.3 Å². The lowest BCUT2D eigenvalue weighted by molar-refractivity contribution is 0.176. The second kappa shape index (κ2) is 6.54. The van der Waals surface area contributed by atoms with Crippen LogP contribution in [0.25, 0.3) is 10.8 Å². The lowest BCUT2D eigenvalue weighted by Gasteiger charge is -2.27. The van der Waals surface area contributed by atoms with Crippen LogP contribution in [0.15, 0.2) is 42.5 Å². The summed E-state index contributed by atoms with van der Waals surface area (Å²) in [4.78, 5) is 12.2. The van der Waals surface area contributed by atoms with Gasteiger partial charge < -0.3 is 13.8 Å². The van der Waals surface area contributed by atoms with Gasteiger partial charge in [0, 0.05) is 26.7 Å². The predicted octanol–water partition coefficient (Wildman–Crippen LogP) is 3.79. The van der Waals surface area contributed by atoms with Crippen LogP contribution in [0, 0.1) is 0 Å². The molecule has 0 fully saturated rings. The van der Waals surface area contributed by atoms with E-state index in [4.69, 9.17) is 25.6 Å². The van der Waals surface area contributed by atoms with Crippen molar-refractivity contribution in [3.05, 3.63) is 42.5 Å². The van der Waals surface area contributed by atoms with Crippen LogP contribution >= 0.6 is 6.64 Å². The number of nitrogens with zero attached hydrogens (tertiary/aromatic N) is 1. The van der Waals surface area contributed by atoms with Crippen molar-refractivity contribution in [2.45, 2.75) is 0 Å². The molecule has 0 heterocycles. The number of ether oxygens (including phenoxy) is 1. The number of carbonyl (C=O) groups excluding carboxylic acids is 1. The number of carbonyl (C=O) groups is 1. The molecule has 0 aliphatic heterocycles. The first-order valence-electron chi connectivity index (χ1n) is 6.17. The molecule has 0 saturated heterocycles. The molecule has 0 atom stereocenters. The van der Waals surface area contributed by atoms with Crippen LogP contribution in [0.4, 0.5) is 4.79 Å². The lowest BCUT2D eigenvalue weighted by Crippen LogP contribution is -2.28. The summed E-state index contributed by atoms with van der Waals surface area (Å²) in [5, 5.41) is 1.84. The number of amides is 1. The van der Waals surface area contributed by atoms with E-state index in [2.05, 4.69) is 0 Å². The molecule has 1 amide bonds. The molecule has 0 spiro atoms. The van der Waals surface area contributed by atoms with Crippen molar-refractivity contribution in [3.63, 3.8) is 0 Å². The monoisotopic (exact) mass is 325 g/mol. The van der Waals surface area contributed by atoms with Gasteiger partial charge in [-0.15, -0.1) is 0 Å². The zero-order valence-corrected chi connectivity index (χ0v) is 13.7. The maximum absolute atomic E-state index is 12.2. The van der Waals surface area contributed by atoms with Crippen molar-refractivity contribution < 1.29 is 18.6 Å². The molecule has 7 heteroatoms. The van der Waals surface area contributed by atoms with Gasteiger partial charge in [-0.3, -0.25) is 0 Å². The van der Waals surface area contributed by atoms with Gasteiger partial charge in [-0.25, -0.2) is 9.46 Å². The van der Waals surface area contributed by atoms with Crippen molar-refractivity contribution in [2.75, 3.05) is 21.3 Å². The van der Waals surface area contributed by atoms with Crippen molar-refractivity contribution in [3.8, 4) is 5.75 Å². The van der Waals surface area contributed by atoms with E-state index in [9.17, 15) is 4.79 Å². The normalized spacial score (nSPS) is 11.4. The van der Waals surface area contributed by atoms with Crippen LogP contribution in [0.2, 0.25) is 0 Å². The number of rotatable bonds is 4. The third-order valence-electron chi connectivity index (χ3n) is 3.04. The van der Waals surface area contributed by atoms with Crippen molar-refractivity contribution in [1.82, 2.24) is 4.67 Å². The highest BCUT2D eigenvalue weighted by molar-refractivity contribution is 8.09. The Morgan fingerprint density at radius 1 is 1.10 bits per heavy atom. The van der Waals surface area contributed by atoms with E-state index in [0.717, 1.165) is 10.8 Å². The minimum atomic E-state index is -2.83. The first-order chi connectivity index (χ1) is 10.0. The molecule has 5 nitrogen and oxygen atoms in total. The van der Waals surface area contributed by atoms with Gasteiger partial charge >= 0.3 is 6.09 Å². The maximum Gasteiger partial charge on any atom is 0.422 e. The van der Waals surface area contributed by atoms with E-state index in [0.29, 0.717) is 5.75 Å². The molecule has 112 valence electrons. The molecule has 0 aliphatic rings. The summed E-state index contributed by atoms with van der Waals surface area (Å²) in [6.45, 7) is -2.83. The zero-order chi connectivity index (χ0) is 15.5. The molecule has 0 saturated carbocycles. The molecule has 0 unspecified atom stereocenters. The first-order valence-corrected chi connectivity index (χ1v) is 8.76. The lowest BCUT2D eigenvalue weighted by atomic mass is 10.1. The summed E-state index contributed by atoms with van der Waals surface area (Å²) in [5.74, 6) is 0.471. The number of hydrogen-bond donors (Lipinski definition) is 0. The molecule has 0 aromatic heterocycles. The Kier molecular flexibility index (Phi) is 4.96. The Morgan fingerprint density at radius 3 is 2.38 bits per heavy atom. The van der Waals surface area contributed by atoms with Crippen LogP contribution in [0.1, 0.15) is 0 Å². The average molecular weight is 325 g/mol. The van der Waals surface area contributed by atoms with Crippen LogP contribution in [0.3, 0.4) is 0 Å². The zero-order valence-electron chi connectivity index (χ0n) is 12.0. The van der Waals surface area contributed by atoms with Gasteiger partial charge in [-0.2, -0.15) is 0 Å². The van der Waals surface area contributed by atoms with Gasteiger partial charge in [-0.05, 0) is 23.3 Å². The highest BCUT2D eigenvalue weighted by Gasteiger charge is 2.29. The molecule has 2 aromatic carbocycles. The maximum atomic E-state index is 12.2. The minimum absolute atomic E-state index is 0.471. The Hall–Kier alpha value is -1.46. The largest absolute Gasteiger partial charge is 0.422 e. The second-order valence-corrected chi connectivity index (χ2v) is 7.85. The van der Waals surface area contributed by atoms with Gasteiger partial charge in [0.25, 0.3) is 6.64 Å². The van der Waals surface area contributed by atoms with Crippen LogP contribution in [-0.4, -0.2) is 32.0 Å². The van der Waals surface area contributed by atoms with Crippen LogP contribution < -0.4 is 4.74 Å². The third-order valence-corrected chi connectivity index (χ3v) is 6.49. The molecule has 0 aliphatic carbocycles. The summed E-state index contributed by atoms with van der Waals surface area (Å²) in [6.07, 6.45) is -0.613. The molecule has 2 rings (SSSR count). The quantitative estimate of drug-likeness (QED) is 0.801. The molecule has 21 heavy (non-hydrogen) atoms. The third kappa shape index (κ3) is 3.24. The van der Waals surface area contributed by atoms with Gasteiger partial charge in [0.05, 0.1) is 0 Å². The SMILES string of the molecule is COP(=S)(OC)N(C)C(=O)Oc1cccc2ccccc12. The van der Waals surface area contributed by atoms with Gasteiger partial charge in [-0.1, -0.05) is 36.4 Å². The van der Waals surface area contributed by atoms with Gasteiger partial charge in [0.1, 0.15) is 5.75 Å². The molecule has 0 bridgehead atoms. The molecular weight excluding hydrogens is 309 g/mol. The van der Waals surface area contributed by atoms with Gasteiger partial charge in [0.15, 0.2) is 0 Å². The van der Waals surface area contributed by atoms with E-state index < -0.39 is 12.7 Å².